The Bertz CT molecular complexity index is 581. The van der Waals surface area contributed by atoms with Crippen LogP contribution in [0.4, 0.5) is 11.5 Å². The number of hydrogen-bond donors (Lipinski definition) is 1. The van der Waals surface area contributed by atoms with E-state index in [0.717, 1.165) is 5.76 Å². The number of esters is 1. The molecule has 106 valence electrons. The first kappa shape index (κ1) is 13.9. The lowest BCUT2D eigenvalue weighted by Gasteiger charge is -2.22. The van der Waals surface area contributed by atoms with Crippen molar-refractivity contribution >= 4 is 17.5 Å². The Morgan fingerprint density at radius 3 is 2.90 bits per heavy atom. The van der Waals surface area contributed by atoms with Crippen LogP contribution in [0.15, 0.2) is 35.1 Å². The largest absolute Gasteiger partial charge is 0.467 e. The van der Waals surface area contributed by atoms with Crippen molar-refractivity contribution in [2.45, 2.75) is 13.5 Å². The third-order valence-corrected chi connectivity index (χ3v) is 2.98. The van der Waals surface area contributed by atoms with Gasteiger partial charge in [-0.05, 0) is 25.1 Å². The summed E-state index contributed by atoms with van der Waals surface area (Å²) in [7, 11) is 1.32. The summed E-state index contributed by atoms with van der Waals surface area (Å²) in [5.41, 5.74) is 6.66. The average molecular weight is 275 g/mol. The fourth-order valence-electron chi connectivity index (χ4n) is 1.93. The van der Waals surface area contributed by atoms with Gasteiger partial charge in [0.1, 0.15) is 5.76 Å². The highest BCUT2D eigenvalue weighted by Crippen LogP contribution is 2.25. The van der Waals surface area contributed by atoms with Crippen LogP contribution in [0.25, 0.3) is 0 Å². The van der Waals surface area contributed by atoms with E-state index in [9.17, 15) is 4.79 Å². The molecule has 0 atom stereocenters. The van der Waals surface area contributed by atoms with E-state index in [1.165, 1.54) is 7.11 Å². The second-order valence-electron chi connectivity index (χ2n) is 4.18. The number of carbonyl (C=O) groups excluding carboxylic acids is 1. The highest BCUT2D eigenvalue weighted by molar-refractivity contribution is 5.97. The van der Waals surface area contributed by atoms with E-state index in [4.69, 9.17) is 14.9 Å². The maximum Gasteiger partial charge on any atom is 0.340 e. The fourth-order valence-corrected chi connectivity index (χ4v) is 1.93. The number of hydrogen-bond acceptors (Lipinski definition) is 6. The molecule has 0 aliphatic rings. The third kappa shape index (κ3) is 2.74. The van der Waals surface area contributed by atoms with Crippen molar-refractivity contribution in [1.82, 2.24) is 4.98 Å². The molecule has 0 bridgehead atoms. The zero-order valence-corrected chi connectivity index (χ0v) is 11.5. The second-order valence-corrected chi connectivity index (χ2v) is 4.18. The molecule has 20 heavy (non-hydrogen) atoms. The summed E-state index contributed by atoms with van der Waals surface area (Å²) in [6, 6.07) is 5.25. The van der Waals surface area contributed by atoms with Crippen LogP contribution in [0, 0.1) is 0 Å². The van der Waals surface area contributed by atoms with Crippen molar-refractivity contribution in [2.75, 3.05) is 24.3 Å². The van der Waals surface area contributed by atoms with E-state index < -0.39 is 5.97 Å². The Morgan fingerprint density at radius 2 is 2.30 bits per heavy atom. The van der Waals surface area contributed by atoms with Crippen LogP contribution in [0.2, 0.25) is 0 Å². The van der Waals surface area contributed by atoms with Gasteiger partial charge in [-0.1, -0.05) is 0 Å². The van der Waals surface area contributed by atoms with Gasteiger partial charge in [-0.3, -0.25) is 0 Å². The van der Waals surface area contributed by atoms with Gasteiger partial charge < -0.3 is 19.8 Å². The standard InChI is InChI=1S/C14H17N3O3/c1-3-17(9-10-5-4-8-20-10)13-12(15)11(6-7-16-13)14(18)19-2/h4-8H,3,9,15H2,1-2H3. The Kier molecular flexibility index (Phi) is 4.24. The number of rotatable bonds is 5. The highest BCUT2D eigenvalue weighted by Gasteiger charge is 2.18. The summed E-state index contributed by atoms with van der Waals surface area (Å²) in [6.07, 6.45) is 3.16. The van der Waals surface area contributed by atoms with Crippen LogP contribution in [0.3, 0.4) is 0 Å². The van der Waals surface area contributed by atoms with Gasteiger partial charge in [0, 0.05) is 12.7 Å². The maximum atomic E-state index is 11.6. The van der Waals surface area contributed by atoms with Gasteiger partial charge in [-0.15, -0.1) is 0 Å². The van der Waals surface area contributed by atoms with Crippen molar-refractivity contribution in [1.29, 1.82) is 0 Å². The number of carbonyl (C=O) groups is 1. The summed E-state index contributed by atoms with van der Waals surface area (Å²) in [5.74, 6) is 0.878. The van der Waals surface area contributed by atoms with E-state index in [0.29, 0.717) is 30.2 Å². The van der Waals surface area contributed by atoms with Crippen molar-refractivity contribution in [3.8, 4) is 0 Å². The molecule has 0 radical (unpaired) electrons. The quantitative estimate of drug-likeness (QED) is 0.841. The smallest absolute Gasteiger partial charge is 0.340 e. The van der Waals surface area contributed by atoms with Crippen LogP contribution >= 0.6 is 0 Å². The summed E-state index contributed by atoms with van der Waals surface area (Å²) < 4.78 is 10.0. The monoisotopic (exact) mass is 275 g/mol. The number of furan rings is 1. The molecule has 2 heterocycles. The van der Waals surface area contributed by atoms with Gasteiger partial charge in [0.15, 0.2) is 5.82 Å². The number of anilines is 2. The third-order valence-electron chi connectivity index (χ3n) is 2.98. The molecule has 0 aliphatic carbocycles. The molecule has 2 aromatic rings. The molecule has 6 nitrogen and oxygen atoms in total. The Hall–Kier alpha value is -2.50. The molecule has 0 saturated heterocycles. The molecular weight excluding hydrogens is 258 g/mol. The molecule has 0 spiro atoms. The van der Waals surface area contributed by atoms with Crippen molar-refractivity contribution in [3.63, 3.8) is 0 Å². The first-order valence-corrected chi connectivity index (χ1v) is 6.27. The van der Waals surface area contributed by atoms with Crippen molar-refractivity contribution < 1.29 is 13.9 Å². The molecule has 2 aromatic heterocycles. The van der Waals surface area contributed by atoms with E-state index in [2.05, 4.69) is 4.98 Å². The van der Waals surface area contributed by atoms with E-state index in [1.807, 2.05) is 24.0 Å². The van der Waals surface area contributed by atoms with Gasteiger partial charge in [0.2, 0.25) is 0 Å². The molecule has 0 aromatic carbocycles. The lowest BCUT2D eigenvalue weighted by atomic mass is 10.2. The predicted molar refractivity (Wildman–Crippen MR) is 75.4 cm³/mol. The van der Waals surface area contributed by atoms with Crippen LogP contribution in [0.1, 0.15) is 23.0 Å². The van der Waals surface area contributed by atoms with Crippen LogP contribution in [-0.4, -0.2) is 24.6 Å². The predicted octanol–water partition coefficient (Wildman–Crippen LogP) is 2.07. The minimum Gasteiger partial charge on any atom is -0.467 e. The van der Waals surface area contributed by atoms with Gasteiger partial charge in [-0.25, -0.2) is 9.78 Å². The van der Waals surface area contributed by atoms with E-state index >= 15 is 0 Å². The maximum absolute atomic E-state index is 11.6. The minimum atomic E-state index is -0.472. The van der Waals surface area contributed by atoms with Gasteiger partial charge in [0.05, 0.1) is 31.2 Å². The lowest BCUT2D eigenvalue weighted by molar-refractivity contribution is 0.0602. The van der Waals surface area contributed by atoms with Crippen LogP contribution in [0.5, 0.6) is 0 Å². The molecule has 0 aliphatic heterocycles. The van der Waals surface area contributed by atoms with E-state index in [1.54, 1.807) is 18.5 Å². The first-order valence-electron chi connectivity index (χ1n) is 6.27. The summed E-state index contributed by atoms with van der Waals surface area (Å²) >= 11 is 0. The number of nitrogens with two attached hydrogens (primary N) is 1. The zero-order valence-electron chi connectivity index (χ0n) is 11.5. The zero-order chi connectivity index (χ0) is 14.5. The molecule has 0 fully saturated rings. The van der Waals surface area contributed by atoms with Crippen molar-refractivity contribution in [3.05, 3.63) is 42.0 Å². The van der Waals surface area contributed by atoms with Gasteiger partial charge >= 0.3 is 5.97 Å². The molecule has 2 N–H and O–H groups in total. The Labute approximate surface area is 117 Å². The molecule has 0 unspecified atom stereocenters. The summed E-state index contributed by atoms with van der Waals surface area (Å²) in [6.45, 7) is 3.20. The van der Waals surface area contributed by atoms with E-state index in [-0.39, 0.29) is 0 Å². The number of ether oxygens (including phenoxy) is 1. The average Bonchev–Trinajstić information content (AvgIpc) is 2.97. The first-order chi connectivity index (χ1) is 9.67. The molecular formula is C14H17N3O3. The van der Waals surface area contributed by atoms with Crippen LogP contribution in [-0.2, 0) is 11.3 Å². The molecule has 6 heteroatoms. The topological polar surface area (TPSA) is 81.6 Å². The summed E-state index contributed by atoms with van der Waals surface area (Å²) in [5, 5.41) is 0. The summed E-state index contributed by atoms with van der Waals surface area (Å²) in [4.78, 5) is 17.8. The number of nitrogens with zero attached hydrogens (tertiary/aromatic N) is 2. The number of aromatic nitrogens is 1. The number of pyridine rings is 1. The van der Waals surface area contributed by atoms with Crippen molar-refractivity contribution in [2.24, 2.45) is 0 Å². The normalized spacial score (nSPS) is 10.3. The second kappa shape index (κ2) is 6.10. The fraction of sp³-hybridized carbons (Fsp3) is 0.286. The number of nitrogen functional groups attached to an aromatic ring is 1. The Morgan fingerprint density at radius 1 is 1.50 bits per heavy atom. The minimum absolute atomic E-state index is 0.313. The molecule has 0 amide bonds. The van der Waals surface area contributed by atoms with Gasteiger partial charge in [0.25, 0.3) is 0 Å². The number of methoxy groups -OCH3 is 1. The SMILES string of the molecule is CCN(Cc1ccco1)c1nccc(C(=O)OC)c1N. The Balaban J connectivity index is 2.32. The van der Waals surface area contributed by atoms with Crippen LogP contribution < -0.4 is 10.6 Å². The molecule has 0 saturated carbocycles. The molecule has 2 rings (SSSR count). The highest BCUT2D eigenvalue weighted by atomic mass is 16.5. The lowest BCUT2D eigenvalue weighted by Crippen LogP contribution is -2.25. The van der Waals surface area contributed by atoms with Gasteiger partial charge in [-0.2, -0.15) is 0 Å².